The second-order valence-corrected chi connectivity index (χ2v) is 6.89. The maximum atomic E-state index is 12.0. The molecule has 0 fully saturated rings. The van der Waals surface area contributed by atoms with Crippen molar-refractivity contribution < 1.29 is 27.3 Å². The van der Waals surface area contributed by atoms with Crippen LogP contribution in [0, 0.1) is 0 Å². The number of ether oxygens (including phenoxy) is 1. The van der Waals surface area contributed by atoms with Gasteiger partial charge in [0.1, 0.15) is 0 Å². The summed E-state index contributed by atoms with van der Waals surface area (Å²) in [7, 11) is -4.48. The van der Waals surface area contributed by atoms with Crippen molar-refractivity contribution in [3.8, 4) is 0 Å². The van der Waals surface area contributed by atoms with Crippen molar-refractivity contribution in [1.82, 2.24) is 0 Å². The van der Waals surface area contributed by atoms with Gasteiger partial charge < -0.3 is 4.74 Å². The van der Waals surface area contributed by atoms with Crippen LogP contribution in [0.2, 0.25) is 0 Å². The predicted molar refractivity (Wildman–Crippen MR) is 82.1 cm³/mol. The van der Waals surface area contributed by atoms with Gasteiger partial charge in [0.2, 0.25) is 0 Å². The summed E-state index contributed by atoms with van der Waals surface area (Å²) in [5.74, 6) is -1.66. The zero-order valence-corrected chi connectivity index (χ0v) is 13.1. The first-order valence-electron chi connectivity index (χ1n) is 7.16. The van der Waals surface area contributed by atoms with E-state index >= 15 is 0 Å². The van der Waals surface area contributed by atoms with Crippen LogP contribution in [0.4, 0.5) is 0 Å². The molecule has 0 aliphatic carbocycles. The minimum Gasteiger partial charge on any atom is -0.386 e. The second-order valence-electron chi connectivity index (χ2n) is 5.47. The number of benzene rings is 2. The van der Waals surface area contributed by atoms with Gasteiger partial charge in [0.15, 0.2) is 0 Å². The topological polar surface area (TPSA) is 97.7 Å². The van der Waals surface area contributed by atoms with E-state index in [0.29, 0.717) is 17.2 Å². The van der Waals surface area contributed by atoms with E-state index in [0.717, 1.165) is 24.5 Å². The van der Waals surface area contributed by atoms with Gasteiger partial charge >= 0.3 is 11.9 Å². The highest BCUT2D eigenvalue weighted by molar-refractivity contribution is 7.85. The summed E-state index contributed by atoms with van der Waals surface area (Å²) in [6.07, 6.45) is 2.59. The van der Waals surface area contributed by atoms with Crippen molar-refractivity contribution in [2.75, 3.05) is 0 Å². The summed E-state index contributed by atoms with van der Waals surface area (Å²) in [5.41, 5.74) is 1.05. The third-order valence-corrected chi connectivity index (χ3v) is 4.66. The molecule has 2 aromatic carbocycles. The quantitative estimate of drug-likeness (QED) is 0.524. The van der Waals surface area contributed by atoms with E-state index in [1.807, 2.05) is 6.92 Å². The number of hydrogen-bond donors (Lipinski definition) is 1. The molecule has 23 heavy (non-hydrogen) atoms. The molecule has 120 valence electrons. The smallest absolute Gasteiger partial charge is 0.346 e. The lowest BCUT2D eigenvalue weighted by atomic mass is 9.93. The first-order chi connectivity index (χ1) is 10.8. The highest BCUT2D eigenvalue weighted by Gasteiger charge is 2.29. The zero-order chi connectivity index (χ0) is 16.8. The Balaban J connectivity index is 2.35. The van der Waals surface area contributed by atoms with Gasteiger partial charge in [0.25, 0.3) is 10.1 Å². The van der Waals surface area contributed by atoms with Gasteiger partial charge in [-0.15, -0.1) is 0 Å². The summed E-state index contributed by atoms with van der Waals surface area (Å²) in [6.45, 7) is 2.03. The van der Waals surface area contributed by atoms with Crippen molar-refractivity contribution in [3.05, 3.63) is 41.0 Å². The third-order valence-electron chi connectivity index (χ3n) is 3.82. The number of cyclic esters (lactones) is 2. The van der Waals surface area contributed by atoms with Crippen molar-refractivity contribution in [1.29, 1.82) is 0 Å². The highest BCUT2D eigenvalue weighted by atomic mass is 32.2. The Hall–Kier alpha value is -2.25. The van der Waals surface area contributed by atoms with Crippen LogP contribution in [0.1, 0.15) is 46.0 Å². The third kappa shape index (κ3) is 2.73. The van der Waals surface area contributed by atoms with Crippen LogP contribution in [-0.4, -0.2) is 24.9 Å². The molecule has 6 nitrogen and oxygen atoms in total. The summed E-state index contributed by atoms with van der Waals surface area (Å²) < 4.78 is 36.8. The van der Waals surface area contributed by atoms with Crippen LogP contribution in [0.5, 0.6) is 0 Å². The van der Waals surface area contributed by atoms with Crippen molar-refractivity contribution >= 4 is 32.8 Å². The SMILES string of the molecule is CCCCc1cc2c3c(cc(S(=O)(=O)O)cc3c1)C(=O)OC2=O. The molecule has 0 aromatic heterocycles. The molecule has 0 amide bonds. The first-order valence-corrected chi connectivity index (χ1v) is 8.60. The summed E-state index contributed by atoms with van der Waals surface area (Å²) in [4.78, 5) is 23.5. The molecular formula is C16H14O6S. The Labute approximate surface area is 132 Å². The highest BCUT2D eigenvalue weighted by Crippen LogP contribution is 2.32. The molecule has 2 aromatic rings. The van der Waals surface area contributed by atoms with E-state index in [2.05, 4.69) is 4.74 Å². The predicted octanol–water partition coefficient (Wildman–Crippen LogP) is 2.74. The van der Waals surface area contributed by atoms with Crippen molar-refractivity contribution in [2.45, 2.75) is 31.1 Å². The fourth-order valence-electron chi connectivity index (χ4n) is 2.74. The molecule has 0 atom stereocenters. The Kier molecular flexibility index (Phi) is 3.69. The molecule has 7 heteroatoms. The fraction of sp³-hybridized carbons (Fsp3) is 0.250. The largest absolute Gasteiger partial charge is 0.386 e. The molecule has 0 saturated carbocycles. The van der Waals surface area contributed by atoms with Gasteiger partial charge in [0.05, 0.1) is 16.0 Å². The van der Waals surface area contributed by atoms with Gasteiger partial charge in [-0.1, -0.05) is 19.4 Å². The first kappa shape index (κ1) is 15.6. The second kappa shape index (κ2) is 5.43. The molecule has 0 bridgehead atoms. The van der Waals surface area contributed by atoms with Crippen LogP contribution >= 0.6 is 0 Å². The number of esters is 2. The Morgan fingerprint density at radius 3 is 2.30 bits per heavy atom. The molecule has 1 aliphatic heterocycles. The van der Waals surface area contributed by atoms with Gasteiger partial charge in [-0.25, -0.2) is 9.59 Å². The van der Waals surface area contributed by atoms with Gasteiger partial charge in [-0.2, -0.15) is 8.42 Å². The monoisotopic (exact) mass is 334 g/mol. The van der Waals surface area contributed by atoms with Crippen molar-refractivity contribution in [3.63, 3.8) is 0 Å². The summed E-state index contributed by atoms with van der Waals surface area (Å²) in [6, 6.07) is 5.70. The number of unbranched alkanes of at least 4 members (excludes halogenated alkanes) is 1. The molecule has 1 aliphatic rings. The van der Waals surface area contributed by atoms with Crippen LogP contribution < -0.4 is 0 Å². The number of carbonyl (C=O) groups is 2. The Morgan fingerprint density at radius 2 is 1.70 bits per heavy atom. The van der Waals surface area contributed by atoms with Crippen LogP contribution in [-0.2, 0) is 21.3 Å². The molecule has 0 unspecified atom stereocenters. The minimum absolute atomic E-state index is 0.0354. The van der Waals surface area contributed by atoms with Crippen molar-refractivity contribution in [2.24, 2.45) is 0 Å². The van der Waals surface area contributed by atoms with Gasteiger partial charge in [0, 0.05) is 5.39 Å². The molecule has 3 rings (SSSR count). The lowest BCUT2D eigenvalue weighted by Gasteiger charge is -2.17. The molecule has 1 N–H and O–H groups in total. The molecule has 1 heterocycles. The zero-order valence-electron chi connectivity index (χ0n) is 12.3. The van der Waals surface area contributed by atoms with E-state index < -0.39 is 27.0 Å². The van der Waals surface area contributed by atoms with E-state index in [-0.39, 0.29) is 11.1 Å². The molecule has 0 saturated heterocycles. The minimum atomic E-state index is -4.48. The summed E-state index contributed by atoms with van der Waals surface area (Å²) in [5, 5.41) is 0.780. The molecule has 0 radical (unpaired) electrons. The average Bonchev–Trinajstić information content (AvgIpc) is 2.48. The Morgan fingerprint density at radius 1 is 1.04 bits per heavy atom. The van der Waals surface area contributed by atoms with Crippen LogP contribution in [0.3, 0.4) is 0 Å². The van der Waals surface area contributed by atoms with E-state index in [4.69, 9.17) is 0 Å². The van der Waals surface area contributed by atoms with E-state index in [1.165, 1.54) is 6.07 Å². The number of rotatable bonds is 4. The molecular weight excluding hydrogens is 320 g/mol. The fourth-order valence-corrected chi connectivity index (χ4v) is 3.28. The lowest BCUT2D eigenvalue weighted by molar-refractivity contribution is 0.0391. The number of carbonyl (C=O) groups excluding carboxylic acids is 2. The molecule has 0 spiro atoms. The maximum absolute atomic E-state index is 12.0. The lowest BCUT2D eigenvalue weighted by Crippen LogP contribution is -2.20. The van der Waals surface area contributed by atoms with Crippen LogP contribution in [0.15, 0.2) is 29.2 Å². The Bertz CT molecular complexity index is 943. The average molecular weight is 334 g/mol. The number of aryl methyl sites for hydroxylation is 1. The number of hydrogen-bond acceptors (Lipinski definition) is 5. The maximum Gasteiger partial charge on any atom is 0.346 e. The van der Waals surface area contributed by atoms with E-state index in [9.17, 15) is 22.6 Å². The standard InChI is InChI=1S/C16H14O6S/c1-2-3-4-9-5-10-7-11(23(19,20)21)8-13-14(10)12(6-9)15(17)22-16(13)18/h5-8H,2-4H2,1H3,(H,19,20,21). The van der Waals surface area contributed by atoms with Gasteiger partial charge in [-0.05, 0) is 42.0 Å². The normalized spacial score (nSPS) is 14.2. The summed E-state index contributed by atoms with van der Waals surface area (Å²) >= 11 is 0. The van der Waals surface area contributed by atoms with Gasteiger partial charge in [-0.3, -0.25) is 4.55 Å². The van der Waals surface area contributed by atoms with E-state index in [1.54, 1.807) is 12.1 Å². The van der Waals surface area contributed by atoms with Crippen LogP contribution in [0.25, 0.3) is 10.8 Å².